The normalized spacial score (nSPS) is 27.3. The van der Waals surface area contributed by atoms with Crippen LogP contribution in [0.5, 0.6) is 0 Å². The van der Waals surface area contributed by atoms with Gasteiger partial charge < -0.3 is 5.11 Å². The Balaban J connectivity index is 2.03. The highest BCUT2D eigenvalue weighted by Gasteiger charge is 2.56. The van der Waals surface area contributed by atoms with E-state index in [1.165, 1.54) is 36.0 Å². The summed E-state index contributed by atoms with van der Waals surface area (Å²) >= 11 is 0. The molecule has 0 amide bonds. The van der Waals surface area contributed by atoms with Crippen LogP contribution in [-0.4, -0.2) is 10.7 Å². The van der Waals surface area contributed by atoms with Crippen molar-refractivity contribution in [1.82, 2.24) is 0 Å². The zero-order valence-corrected chi connectivity index (χ0v) is 13.9. The molecule has 0 aliphatic heterocycles. The maximum atomic E-state index is 11.5. The molecule has 1 unspecified atom stereocenters. The van der Waals surface area contributed by atoms with Gasteiger partial charge in [-0.2, -0.15) is 0 Å². The highest BCUT2D eigenvalue weighted by Crippen LogP contribution is 2.56. The highest BCUT2D eigenvalue weighted by atomic mass is 16.3. The summed E-state index contributed by atoms with van der Waals surface area (Å²) in [6.45, 7) is 6.82. The van der Waals surface area contributed by atoms with Gasteiger partial charge >= 0.3 is 0 Å². The molecule has 1 aromatic carbocycles. The second-order valence-corrected chi connectivity index (χ2v) is 7.79. The van der Waals surface area contributed by atoms with Crippen molar-refractivity contribution in [3.05, 3.63) is 34.9 Å². The minimum atomic E-state index is -0.463. The van der Waals surface area contributed by atoms with Crippen LogP contribution >= 0.6 is 0 Å². The van der Waals surface area contributed by atoms with Crippen molar-refractivity contribution in [2.45, 2.75) is 83.2 Å². The van der Waals surface area contributed by atoms with Crippen molar-refractivity contribution in [1.29, 1.82) is 0 Å². The van der Waals surface area contributed by atoms with Crippen LogP contribution in [0.15, 0.2) is 18.2 Å². The smallest absolute Gasteiger partial charge is 0.0747 e. The Kier molecular flexibility index (Phi) is 3.90. The van der Waals surface area contributed by atoms with E-state index < -0.39 is 5.60 Å². The predicted molar refractivity (Wildman–Crippen MR) is 88.7 cm³/mol. The van der Waals surface area contributed by atoms with Crippen LogP contribution < -0.4 is 0 Å². The van der Waals surface area contributed by atoms with Gasteiger partial charge in [-0.1, -0.05) is 58.2 Å². The van der Waals surface area contributed by atoms with Crippen LogP contribution in [0.3, 0.4) is 0 Å². The monoisotopic (exact) mass is 286 g/mol. The minimum Gasteiger partial charge on any atom is -0.389 e. The molecule has 116 valence electrons. The third-order valence-corrected chi connectivity index (χ3v) is 5.92. The van der Waals surface area contributed by atoms with Crippen LogP contribution in [0.2, 0.25) is 0 Å². The van der Waals surface area contributed by atoms with E-state index in [9.17, 15) is 5.11 Å². The number of aryl methyl sites for hydroxylation is 1. The lowest BCUT2D eigenvalue weighted by atomic mass is 9.50. The fourth-order valence-electron chi connectivity index (χ4n) is 4.86. The van der Waals surface area contributed by atoms with Crippen molar-refractivity contribution in [3.8, 4) is 0 Å². The zero-order chi connectivity index (χ0) is 15.1. The summed E-state index contributed by atoms with van der Waals surface area (Å²) in [4.78, 5) is 0. The Labute approximate surface area is 129 Å². The SMILES string of the molecule is CCc1ccc2c(c1)C(CC(C)C)(C1(O)CCCCC1)C2. The fraction of sp³-hybridized carbons (Fsp3) is 0.700. The third-order valence-electron chi connectivity index (χ3n) is 5.92. The van der Waals surface area contributed by atoms with Crippen molar-refractivity contribution in [3.63, 3.8) is 0 Å². The molecular weight excluding hydrogens is 256 g/mol. The lowest BCUT2D eigenvalue weighted by Crippen LogP contribution is -2.59. The minimum absolute atomic E-state index is 0.0299. The first-order valence-electron chi connectivity index (χ1n) is 8.85. The van der Waals surface area contributed by atoms with Crippen LogP contribution in [0.1, 0.15) is 76.0 Å². The lowest BCUT2D eigenvalue weighted by Gasteiger charge is -2.57. The van der Waals surface area contributed by atoms with Gasteiger partial charge in [0.15, 0.2) is 0 Å². The van der Waals surface area contributed by atoms with Gasteiger partial charge in [0.1, 0.15) is 0 Å². The average molecular weight is 286 g/mol. The maximum Gasteiger partial charge on any atom is 0.0747 e. The van der Waals surface area contributed by atoms with Crippen LogP contribution in [0.25, 0.3) is 0 Å². The molecule has 3 rings (SSSR count). The summed E-state index contributed by atoms with van der Waals surface area (Å²) in [5, 5.41) is 11.5. The Morgan fingerprint density at radius 2 is 1.86 bits per heavy atom. The largest absolute Gasteiger partial charge is 0.389 e. The van der Waals surface area contributed by atoms with E-state index in [0.717, 1.165) is 32.1 Å². The first kappa shape index (κ1) is 15.1. The zero-order valence-electron chi connectivity index (χ0n) is 13.9. The molecule has 1 nitrogen and oxygen atoms in total. The number of hydrogen-bond acceptors (Lipinski definition) is 1. The molecule has 0 saturated heterocycles. The highest BCUT2D eigenvalue weighted by molar-refractivity contribution is 5.50. The van der Waals surface area contributed by atoms with E-state index in [4.69, 9.17) is 0 Å². The first-order valence-corrected chi connectivity index (χ1v) is 8.85. The van der Waals surface area contributed by atoms with Gasteiger partial charge in [-0.3, -0.25) is 0 Å². The van der Waals surface area contributed by atoms with Crippen molar-refractivity contribution in [2.75, 3.05) is 0 Å². The van der Waals surface area contributed by atoms with Crippen molar-refractivity contribution in [2.24, 2.45) is 5.92 Å². The van der Waals surface area contributed by atoms with Gasteiger partial charge in [0, 0.05) is 5.41 Å². The van der Waals surface area contributed by atoms with E-state index in [-0.39, 0.29) is 5.41 Å². The van der Waals surface area contributed by atoms with Crippen LogP contribution in [0, 0.1) is 5.92 Å². The summed E-state index contributed by atoms with van der Waals surface area (Å²) in [5.74, 6) is 0.634. The van der Waals surface area contributed by atoms with Gasteiger partial charge in [0.05, 0.1) is 5.60 Å². The molecule has 0 bridgehead atoms. The molecule has 0 aromatic heterocycles. The molecule has 1 aromatic rings. The Morgan fingerprint density at radius 1 is 1.14 bits per heavy atom. The topological polar surface area (TPSA) is 20.2 Å². The van der Waals surface area contributed by atoms with E-state index >= 15 is 0 Å². The molecular formula is C20H30O. The first-order chi connectivity index (χ1) is 10.0. The van der Waals surface area contributed by atoms with Crippen LogP contribution in [-0.2, 0) is 18.3 Å². The van der Waals surface area contributed by atoms with E-state index in [1.54, 1.807) is 0 Å². The summed E-state index contributed by atoms with van der Waals surface area (Å²) in [6, 6.07) is 6.97. The third kappa shape index (κ3) is 2.34. The van der Waals surface area contributed by atoms with Gasteiger partial charge in [0.25, 0.3) is 0 Å². The van der Waals surface area contributed by atoms with Crippen molar-refractivity contribution >= 4 is 0 Å². The number of hydrogen-bond donors (Lipinski definition) is 1. The van der Waals surface area contributed by atoms with E-state index in [0.29, 0.717) is 5.92 Å². The Hall–Kier alpha value is -0.820. The lowest BCUT2D eigenvalue weighted by molar-refractivity contribution is -0.0871. The Bertz CT molecular complexity index is 511. The van der Waals surface area contributed by atoms with Gasteiger partial charge in [-0.25, -0.2) is 0 Å². The van der Waals surface area contributed by atoms with E-state index in [2.05, 4.69) is 39.0 Å². The summed E-state index contributed by atoms with van der Waals surface area (Å²) < 4.78 is 0. The van der Waals surface area contributed by atoms with Crippen LogP contribution in [0.4, 0.5) is 0 Å². The number of benzene rings is 1. The molecule has 2 aliphatic carbocycles. The van der Waals surface area contributed by atoms with Gasteiger partial charge in [0.2, 0.25) is 0 Å². The van der Waals surface area contributed by atoms with Gasteiger partial charge in [-0.15, -0.1) is 0 Å². The molecule has 2 aliphatic rings. The number of fused-ring (bicyclic) bond motifs is 1. The second-order valence-electron chi connectivity index (χ2n) is 7.79. The average Bonchev–Trinajstić information content (AvgIpc) is 2.45. The van der Waals surface area contributed by atoms with Gasteiger partial charge in [-0.05, 0) is 54.7 Å². The quantitative estimate of drug-likeness (QED) is 0.844. The molecule has 1 atom stereocenters. The molecule has 0 radical (unpaired) electrons. The molecule has 1 heteroatoms. The second kappa shape index (κ2) is 5.43. The fourth-order valence-corrected chi connectivity index (χ4v) is 4.86. The predicted octanol–water partition coefficient (Wildman–Crippen LogP) is 4.78. The molecule has 21 heavy (non-hydrogen) atoms. The molecule has 1 fully saturated rings. The summed E-state index contributed by atoms with van der Waals surface area (Å²) in [7, 11) is 0. The Morgan fingerprint density at radius 3 is 2.48 bits per heavy atom. The van der Waals surface area contributed by atoms with Crippen molar-refractivity contribution < 1.29 is 5.11 Å². The number of rotatable bonds is 4. The molecule has 0 heterocycles. The molecule has 1 N–H and O–H groups in total. The number of aliphatic hydroxyl groups is 1. The standard InChI is InChI=1S/C20H30O/c1-4-16-8-9-17-14-19(13-15(2)3,18(17)12-16)20(21)10-6-5-7-11-20/h8-9,12,15,21H,4-7,10-11,13-14H2,1-3H3. The summed E-state index contributed by atoms with van der Waals surface area (Å²) in [5.41, 5.74) is 3.93. The van der Waals surface area contributed by atoms with E-state index in [1.807, 2.05) is 0 Å². The molecule has 0 spiro atoms. The maximum absolute atomic E-state index is 11.5. The summed E-state index contributed by atoms with van der Waals surface area (Å²) in [6.07, 6.45) is 8.97. The molecule has 1 saturated carbocycles.